The van der Waals surface area contributed by atoms with Crippen LogP contribution in [0.5, 0.6) is 0 Å². The van der Waals surface area contributed by atoms with Gasteiger partial charge in [0.2, 0.25) is 0 Å². The van der Waals surface area contributed by atoms with Gasteiger partial charge >= 0.3 is 0 Å². The van der Waals surface area contributed by atoms with Crippen LogP contribution in [0, 0.1) is 0 Å². The first-order valence-electron chi connectivity index (χ1n) is 9.52. The predicted octanol–water partition coefficient (Wildman–Crippen LogP) is 3.44. The molecule has 0 radical (unpaired) electrons. The molecule has 1 aliphatic rings. The molecule has 9 heteroatoms. The maximum absolute atomic E-state index is 4.74. The van der Waals surface area contributed by atoms with Crippen molar-refractivity contribution in [1.82, 2.24) is 34.9 Å². The summed E-state index contributed by atoms with van der Waals surface area (Å²) in [4.78, 5) is 35.9. The summed E-state index contributed by atoms with van der Waals surface area (Å²) in [7, 11) is 0. The zero-order valence-corrected chi connectivity index (χ0v) is 16.0. The van der Waals surface area contributed by atoms with Crippen LogP contribution in [0.4, 0.5) is 11.6 Å². The van der Waals surface area contributed by atoms with Gasteiger partial charge in [0.15, 0.2) is 23.1 Å². The molecule has 31 heavy (non-hydrogen) atoms. The van der Waals surface area contributed by atoms with Crippen LogP contribution in [0.25, 0.3) is 33.8 Å². The van der Waals surface area contributed by atoms with Gasteiger partial charge < -0.3 is 5.32 Å². The molecule has 0 aliphatic carbocycles. The highest BCUT2D eigenvalue weighted by Gasteiger charge is 2.23. The minimum Gasteiger partial charge on any atom is -0.324 e. The molecule has 0 aromatic carbocycles. The third-order valence-corrected chi connectivity index (χ3v) is 4.82. The third kappa shape index (κ3) is 3.04. The van der Waals surface area contributed by atoms with Gasteiger partial charge in [-0.25, -0.2) is 24.9 Å². The van der Waals surface area contributed by atoms with Crippen molar-refractivity contribution in [2.24, 2.45) is 4.99 Å². The third-order valence-electron chi connectivity index (χ3n) is 4.82. The molecule has 0 saturated heterocycles. The molecule has 9 nitrogen and oxygen atoms in total. The molecular formula is C22H13N9. The van der Waals surface area contributed by atoms with Gasteiger partial charge in [-0.05, 0) is 36.4 Å². The van der Waals surface area contributed by atoms with E-state index >= 15 is 0 Å². The van der Waals surface area contributed by atoms with Crippen molar-refractivity contribution in [3.63, 3.8) is 0 Å². The number of amidine groups is 1. The smallest absolute Gasteiger partial charge is 0.171 e. The normalized spacial score (nSPS) is 12.3. The lowest BCUT2D eigenvalue weighted by atomic mass is 10.2. The summed E-state index contributed by atoms with van der Waals surface area (Å²) < 4.78 is 0. The summed E-state index contributed by atoms with van der Waals surface area (Å²) in [6, 6.07) is 11.2. The van der Waals surface area contributed by atoms with Crippen molar-refractivity contribution in [2.45, 2.75) is 0 Å². The fraction of sp³-hybridized carbons (Fsp3) is 0. The maximum atomic E-state index is 4.74. The van der Waals surface area contributed by atoms with Crippen molar-refractivity contribution in [2.75, 3.05) is 5.32 Å². The number of anilines is 1. The fourth-order valence-electron chi connectivity index (χ4n) is 3.34. The van der Waals surface area contributed by atoms with Gasteiger partial charge in [0.1, 0.15) is 17.0 Å². The van der Waals surface area contributed by atoms with E-state index in [4.69, 9.17) is 24.9 Å². The molecule has 0 atom stereocenters. The molecule has 0 unspecified atom stereocenters. The van der Waals surface area contributed by atoms with Crippen molar-refractivity contribution >= 4 is 28.5 Å². The van der Waals surface area contributed by atoms with Crippen molar-refractivity contribution in [3.8, 4) is 22.8 Å². The van der Waals surface area contributed by atoms with E-state index < -0.39 is 0 Å². The highest BCUT2D eigenvalue weighted by atomic mass is 15.2. The molecule has 0 saturated carbocycles. The van der Waals surface area contributed by atoms with Crippen LogP contribution in [0.1, 0.15) is 5.56 Å². The second kappa shape index (κ2) is 6.99. The minimum atomic E-state index is 0.513. The first-order valence-corrected chi connectivity index (χ1v) is 9.52. The summed E-state index contributed by atoms with van der Waals surface area (Å²) in [5.41, 5.74) is 3.06. The summed E-state index contributed by atoms with van der Waals surface area (Å²) >= 11 is 0. The second-order valence-corrected chi connectivity index (χ2v) is 6.76. The summed E-state index contributed by atoms with van der Waals surface area (Å²) in [5, 5.41) is 3.99. The molecule has 0 fully saturated rings. The first kappa shape index (κ1) is 17.2. The summed E-state index contributed by atoms with van der Waals surface area (Å²) in [6.45, 7) is 0. The zero-order chi connectivity index (χ0) is 20.6. The van der Waals surface area contributed by atoms with Gasteiger partial charge in [0.25, 0.3) is 0 Å². The summed E-state index contributed by atoms with van der Waals surface area (Å²) in [5.74, 6) is 2.82. The van der Waals surface area contributed by atoms with E-state index in [-0.39, 0.29) is 0 Å². The Morgan fingerprint density at radius 3 is 1.65 bits per heavy atom. The Morgan fingerprint density at radius 2 is 1.06 bits per heavy atom. The zero-order valence-electron chi connectivity index (χ0n) is 16.0. The van der Waals surface area contributed by atoms with Crippen LogP contribution in [-0.4, -0.2) is 40.7 Å². The second-order valence-electron chi connectivity index (χ2n) is 6.76. The topological polar surface area (TPSA) is 115 Å². The quantitative estimate of drug-likeness (QED) is 0.487. The van der Waals surface area contributed by atoms with Gasteiger partial charge in [0.05, 0.1) is 0 Å². The number of hydrogen-bond acceptors (Lipinski definition) is 9. The Hall–Kier alpha value is -4.66. The molecule has 1 aliphatic heterocycles. The average molecular weight is 403 g/mol. The van der Waals surface area contributed by atoms with Crippen LogP contribution >= 0.6 is 0 Å². The number of nitrogens with one attached hydrogen (secondary N) is 1. The largest absolute Gasteiger partial charge is 0.324 e. The Bertz CT molecular complexity index is 1430. The van der Waals surface area contributed by atoms with E-state index in [1.807, 2.05) is 36.4 Å². The molecule has 146 valence electrons. The summed E-state index contributed by atoms with van der Waals surface area (Å²) in [6.07, 6.45) is 10.3. The lowest BCUT2D eigenvalue weighted by molar-refractivity contribution is 1.12. The lowest BCUT2D eigenvalue weighted by Crippen LogP contribution is -2.19. The molecule has 0 spiro atoms. The molecule has 6 heterocycles. The van der Waals surface area contributed by atoms with Crippen LogP contribution in [-0.2, 0) is 0 Å². The Morgan fingerprint density at radius 1 is 0.548 bits per heavy atom. The van der Waals surface area contributed by atoms with Crippen molar-refractivity contribution in [1.29, 1.82) is 0 Å². The van der Waals surface area contributed by atoms with Gasteiger partial charge in [-0.15, -0.1) is 0 Å². The monoisotopic (exact) mass is 403 g/mol. The number of aliphatic imine (C=N–C) groups is 1. The Kier molecular flexibility index (Phi) is 3.88. The van der Waals surface area contributed by atoms with Gasteiger partial charge in [0, 0.05) is 53.9 Å². The van der Waals surface area contributed by atoms with Crippen molar-refractivity contribution in [3.05, 3.63) is 79.1 Å². The SMILES string of the molecule is c1cc(C2=Nc3nc(-c4ccncc4)nc4nc(-c5ccncc5)nc(c34)N2)ccn1. The van der Waals surface area contributed by atoms with E-state index in [1.54, 1.807) is 37.2 Å². The highest BCUT2D eigenvalue weighted by molar-refractivity contribution is 6.16. The van der Waals surface area contributed by atoms with Crippen LogP contribution < -0.4 is 5.32 Å². The fourth-order valence-corrected chi connectivity index (χ4v) is 3.34. The minimum absolute atomic E-state index is 0.513. The number of hydrogen-bond donors (Lipinski definition) is 1. The van der Waals surface area contributed by atoms with Gasteiger partial charge in [-0.2, -0.15) is 0 Å². The molecule has 0 amide bonds. The first-order chi connectivity index (χ1) is 15.3. The molecule has 6 rings (SSSR count). The molecule has 5 aromatic rings. The maximum Gasteiger partial charge on any atom is 0.171 e. The van der Waals surface area contributed by atoms with Gasteiger partial charge in [-0.3, -0.25) is 15.0 Å². The van der Waals surface area contributed by atoms with Gasteiger partial charge in [-0.1, -0.05) is 0 Å². The van der Waals surface area contributed by atoms with E-state index in [0.29, 0.717) is 40.2 Å². The average Bonchev–Trinajstić information content (AvgIpc) is 2.85. The number of nitrogens with zero attached hydrogens (tertiary/aromatic N) is 8. The standard InChI is InChI=1S/C22H13N9/c1-7-23-8-2-13(1)17-26-20-16-21(27-17)29-19(15-5-11-25-12-6-15)31-22(16)30-18(28-20)14-3-9-24-10-4-14/h1-12H,(H,26,27,28,29,30,31). The number of aromatic nitrogens is 7. The Labute approximate surface area is 176 Å². The van der Waals surface area contributed by atoms with E-state index in [9.17, 15) is 0 Å². The number of pyridine rings is 3. The number of rotatable bonds is 3. The Balaban J connectivity index is 1.62. The van der Waals surface area contributed by atoms with E-state index in [2.05, 4.69) is 20.3 Å². The van der Waals surface area contributed by atoms with Crippen LogP contribution in [0.3, 0.4) is 0 Å². The molecule has 1 N–H and O–H groups in total. The van der Waals surface area contributed by atoms with Crippen LogP contribution in [0.15, 0.2) is 78.6 Å². The lowest BCUT2D eigenvalue weighted by Gasteiger charge is -2.18. The van der Waals surface area contributed by atoms with E-state index in [0.717, 1.165) is 16.7 Å². The predicted molar refractivity (Wildman–Crippen MR) is 116 cm³/mol. The molecule has 5 aromatic heterocycles. The highest BCUT2D eigenvalue weighted by Crippen LogP contribution is 2.35. The van der Waals surface area contributed by atoms with Crippen LogP contribution in [0.2, 0.25) is 0 Å². The molecular weight excluding hydrogens is 390 g/mol. The molecule has 0 bridgehead atoms. The van der Waals surface area contributed by atoms with E-state index in [1.165, 1.54) is 0 Å². The van der Waals surface area contributed by atoms with Crippen molar-refractivity contribution < 1.29 is 0 Å².